The van der Waals surface area contributed by atoms with E-state index in [0.717, 1.165) is 0 Å². The summed E-state index contributed by atoms with van der Waals surface area (Å²) in [5.74, 6) is 1.33. The van der Waals surface area contributed by atoms with Gasteiger partial charge in [-0.3, -0.25) is 4.79 Å². The third kappa shape index (κ3) is 4.09. The van der Waals surface area contributed by atoms with Gasteiger partial charge < -0.3 is 19.9 Å². The lowest BCUT2D eigenvalue weighted by atomic mass is 10.3. The van der Waals surface area contributed by atoms with Crippen molar-refractivity contribution < 1.29 is 14.1 Å². The minimum atomic E-state index is -0.417. The van der Waals surface area contributed by atoms with Crippen molar-refractivity contribution >= 4 is 35.0 Å². The molecule has 2 heterocycles. The molecule has 9 heteroatoms. The molecule has 134 valence electrons. The number of methoxy groups -OCH3 is 1. The molecule has 0 spiro atoms. The lowest BCUT2D eigenvalue weighted by Crippen LogP contribution is -2.15. The third-order valence-corrected chi connectivity index (χ3v) is 3.66. The van der Waals surface area contributed by atoms with Crippen LogP contribution in [0.5, 0.6) is 5.75 Å². The van der Waals surface area contributed by atoms with Gasteiger partial charge in [0.15, 0.2) is 5.82 Å². The largest absolute Gasteiger partial charge is 0.495 e. The van der Waals surface area contributed by atoms with Crippen LogP contribution in [0.1, 0.15) is 21.9 Å². The van der Waals surface area contributed by atoms with Crippen molar-refractivity contribution in [2.45, 2.75) is 13.8 Å². The zero-order chi connectivity index (χ0) is 18.7. The molecule has 0 unspecified atom stereocenters. The number of ether oxygens (including phenoxy) is 1. The quantitative estimate of drug-likeness (QED) is 0.702. The number of hydrogen-bond donors (Lipinski definition) is 2. The zero-order valence-corrected chi connectivity index (χ0v) is 15.1. The second kappa shape index (κ2) is 7.40. The average Bonchev–Trinajstić information content (AvgIpc) is 2.99. The molecule has 0 aliphatic carbocycles. The average molecular weight is 374 g/mol. The molecule has 0 fully saturated rings. The van der Waals surface area contributed by atoms with Crippen molar-refractivity contribution in [2.24, 2.45) is 0 Å². The predicted octanol–water partition coefficient (Wildman–Crippen LogP) is 3.74. The molecule has 26 heavy (non-hydrogen) atoms. The molecule has 2 N–H and O–H groups in total. The first-order valence-electron chi connectivity index (χ1n) is 7.65. The number of aromatic nitrogens is 3. The van der Waals surface area contributed by atoms with E-state index in [4.69, 9.17) is 20.9 Å². The van der Waals surface area contributed by atoms with Crippen LogP contribution >= 0.6 is 11.6 Å². The Morgan fingerprint density at radius 3 is 2.65 bits per heavy atom. The molecule has 0 aliphatic heterocycles. The van der Waals surface area contributed by atoms with Gasteiger partial charge in [-0.05, 0) is 38.1 Å². The molecule has 0 atom stereocenters. The summed E-state index contributed by atoms with van der Waals surface area (Å²) in [5.41, 5.74) is 1.49. The van der Waals surface area contributed by atoms with Crippen molar-refractivity contribution in [1.82, 2.24) is 15.1 Å². The molecule has 0 saturated carbocycles. The van der Waals surface area contributed by atoms with Crippen LogP contribution in [0.4, 0.5) is 17.5 Å². The summed E-state index contributed by atoms with van der Waals surface area (Å²) in [7, 11) is 1.54. The second-order valence-electron chi connectivity index (χ2n) is 5.47. The number of anilines is 3. The van der Waals surface area contributed by atoms with Crippen molar-refractivity contribution in [1.29, 1.82) is 0 Å². The Labute approximate surface area is 154 Å². The molecule has 0 saturated heterocycles. The van der Waals surface area contributed by atoms with Gasteiger partial charge in [0.05, 0.1) is 12.1 Å². The highest BCUT2D eigenvalue weighted by Gasteiger charge is 2.13. The normalized spacial score (nSPS) is 10.5. The summed E-state index contributed by atoms with van der Waals surface area (Å²) in [6.45, 7) is 3.50. The molecule has 0 aliphatic rings. The van der Waals surface area contributed by atoms with Crippen molar-refractivity contribution in [2.75, 3.05) is 17.7 Å². The van der Waals surface area contributed by atoms with Crippen LogP contribution in [0.15, 0.2) is 34.9 Å². The maximum atomic E-state index is 12.4. The lowest BCUT2D eigenvalue weighted by molar-refractivity contribution is 0.102. The molecule has 0 radical (unpaired) electrons. The number of amides is 1. The van der Waals surface area contributed by atoms with Crippen LogP contribution in [0.25, 0.3) is 0 Å². The van der Waals surface area contributed by atoms with Crippen LogP contribution in [0.2, 0.25) is 5.02 Å². The fourth-order valence-electron chi connectivity index (χ4n) is 2.22. The molecule has 2 aromatic heterocycles. The topological polar surface area (TPSA) is 102 Å². The molecule has 1 aromatic carbocycles. The lowest BCUT2D eigenvalue weighted by Gasteiger charge is -2.09. The van der Waals surface area contributed by atoms with Gasteiger partial charge >= 0.3 is 0 Å². The van der Waals surface area contributed by atoms with Crippen molar-refractivity contribution in [3.63, 3.8) is 0 Å². The Balaban J connectivity index is 1.81. The van der Waals surface area contributed by atoms with Gasteiger partial charge in [-0.15, -0.1) is 0 Å². The third-order valence-electron chi connectivity index (χ3n) is 3.36. The number of benzene rings is 1. The van der Waals surface area contributed by atoms with Gasteiger partial charge in [0.2, 0.25) is 5.95 Å². The fraction of sp³-hybridized carbons (Fsp3) is 0.176. The highest BCUT2D eigenvalue weighted by atomic mass is 35.5. The number of carbonyl (C=O) groups excluding carboxylic acids is 1. The van der Waals surface area contributed by atoms with Gasteiger partial charge in [0, 0.05) is 17.4 Å². The molecule has 3 aromatic rings. The molecule has 1 amide bonds. The van der Waals surface area contributed by atoms with E-state index in [2.05, 4.69) is 25.8 Å². The number of carbonyl (C=O) groups is 1. The van der Waals surface area contributed by atoms with Gasteiger partial charge in [-0.1, -0.05) is 16.8 Å². The van der Waals surface area contributed by atoms with Gasteiger partial charge in [-0.25, -0.2) is 9.97 Å². The van der Waals surface area contributed by atoms with E-state index in [1.807, 2.05) is 0 Å². The first kappa shape index (κ1) is 17.7. The first-order valence-corrected chi connectivity index (χ1v) is 8.03. The molecular formula is C17H16ClN5O3. The number of aryl methyl sites for hydroxylation is 2. The summed E-state index contributed by atoms with van der Waals surface area (Å²) in [5, 5.41) is 9.82. The fourth-order valence-corrected chi connectivity index (χ4v) is 2.48. The van der Waals surface area contributed by atoms with Crippen molar-refractivity contribution in [3.8, 4) is 5.75 Å². The molecule has 3 rings (SSSR count). The van der Waals surface area contributed by atoms with E-state index in [1.165, 1.54) is 0 Å². The standard InChI is InChI=1S/C17H16ClN5O3/c1-9-6-13(16(24)22-15-7-10(2)26-23-15)21-17(19-9)20-11-4-5-14(25-3)12(18)8-11/h4-8H,1-3H3,(H,19,20,21)(H,22,23,24). The van der Waals surface area contributed by atoms with Crippen LogP contribution in [-0.4, -0.2) is 28.1 Å². The number of hydrogen-bond acceptors (Lipinski definition) is 7. The predicted molar refractivity (Wildman–Crippen MR) is 97.2 cm³/mol. The van der Waals surface area contributed by atoms with Crippen LogP contribution < -0.4 is 15.4 Å². The highest BCUT2D eigenvalue weighted by Crippen LogP contribution is 2.28. The maximum absolute atomic E-state index is 12.4. The number of halogens is 1. The Morgan fingerprint density at radius 2 is 2.00 bits per heavy atom. The summed E-state index contributed by atoms with van der Waals surface area (Å²) in [6.07, 6.45) is 0. The van der Waals surface area contributed by atoms with E-state index in [1.54, 1.807) is 51.3 Å². The molecule has 8 nitrogen and oxygen atoms in total. The van der Waals surface area contributed by atoms with Crippen LogP contribution in [0, 0.1) is 13.8 Å². The summed E-state index contributed by atoms with van der Waals surface area (Å²) in [4.78, 5) is 20.9. The smallest absolute Gasteiger partial charge is 0.275 e. The summed E-state index contributed by atoms with van der Waals surface area (Å²) in [6, 6.07) is 8.37. The summed E-state index contributed by atoms with van der Waals surface area (Å²) >= 11 is 6.12. The minimum Gasteiger partial charge on any atom is -0.495 e. The van der Waals surface area contributed by atoms with E-state index in [0.29, 0.717) is 33.7 Å². The van der Waals surface area contributed by atoms with E-state index >= 15 is 0 Å². The molecule has 0 bridgehead atoms. The maximum Gasteiger partial charge on any atom is 0.275 e. The van der Waals surface area contributed by atoms with Gasteiger partial charge in [-0.2, -0.15) is 0 Å². The Kier molecular flexibility index (Phi) is 5.04. The molecular weight excluding hydrogens is 358 g/mol. The minimum absolute atomic E-state index is 0.195. The Morgan fingerprint density at radius 1 is 1.19 bits per heavy atom. The van der Waals surface area contributed by atoms with Gasteiger partial charge in [0.25, 0.3) is 5.91 Å². The Bertz CT molecular complexity index is 957. The van der Waals surface area contributed by atoms with Crippen LogP contribution in [-0.2, 0) is 0 Å². The highest BCUT2D eigenvalue weighted by molar-refractivity contribution is 6.32. The second-order valence-corrected chi connectivity index (χ2v) is 5.88. The van der Waals surface area contributed by atoms with Crippen LogP contribution in [0.3, 0.4) is 0 Å². The van der Waals surface area contributed by atoms with Gasteiger partial charge in [0.1, 0.15) is 17.2 Å². The van der Waals surface area contributed by atoms with Crippen molar-refractivity contribution in [3.05, 3.63) is 52.5 Å². The van der Waals surface area contributed by atoms with E-state index < -0.39 is 5.91 Å². The Hall–Kier alpha value is -3.13. The number of nitrogens with zero attached hydrogens (tertiary/aromatic N) is 3. The van der Waals surface area contributed by atoms with E-state index in [-0.39, 0.29) is 11.6 Å². The SMILES string of the molecule is COc1ccc(Nc2nc(C)cc(C(=O)Nc3cc(C)on3)n2)cc1Cl. The number of rotatable bonds is 5. The number of nitrogens with one attached hydrogen (secondary N) is 2. The summed E-state index contributed by atoms with van der Waals surface area (Å²) < 4.78 is 10.0. The first-order chi connectivity index (χ1) is 12.4. The van der Waals surface area contributed by atoms with E-state index in [9.17, 15) is 4.79 Å². The zero-order valence-electron chi connectivity index (χ0n) is 14.3. The monoisotopic (exact) mass is 373 g/mol.